The predicted octanol–water partition coefficient (Wildman–Crippen LogP) is 7.15. The largest absolute Gasteiger partial charge is 0.278 e. The lowest BCUT2D eigenvalue weighted by Gasteiger charge is -2.18. The predicted molar refractivity (Wildman–Crippen MR) is 209 cm³/mol. The van der Waals surface area contributed by atoms with Crippen LogP contribution in [0.5, 0.6) is 0 Å². The van der Waals surface area contributed by atoms with Crippen LogP contribution < -0.4 is 16.4 Å². The smallest absolute Gasteiger partial charge is 0.241 e. The molecule has 0 aliphatic rings. The maximum atomic E-state index is 4.88. The van der Waals surface area contributed by atoms with E-state index in [0.717, 1.165) is 50.4 Å². The second-order valence-electron chi connectivity index (χ2n) is 13.4. The number of aromatic nitrogens is 7. The molecule has 0 amide bonds. The molecule has 0 bridgehead atoms. The van der Waals surface area contributed by atoms with Gasteiger partial charge in [0.25, 0.3) is 0 Å². The summed E-state index contributed by atoms with van der Waals surface area (Å²) in [5, 5.41) is 19.9. The first-order valence-electron chi connectivity index (χ1n) is 17.3. The molecule has 0 unspecified atom stereocenters. The van der Waals surface area contributed by atoms with E-state index in [9.17, 15) is 0 Å². The van der Waals surface area contributed by atoms with Crippen LogP contribution in [0.4, 0.5) is 0 Å². The van der Waals surface area contributed by atoms with E-state index in [-0.39, 0.29) is 6.71 Å². The second kappa shape index (κ2) is 11.3. The third kappa shape index (κ3) is 4.46. The van der Waals surface area contributed by atoms with Gasteiger partial charge in [0.05, 0.1) is 22.2 Å². The van der Waals surface area contributed by atoms with Gasteiger partial charge < -0.3 is 0 Å². The standard InChI is InChI=1S/C43H32BN7/c1-27-12-11-13-28(2)41(27)49-26-45-47-43(49)50-38-19-10-9-17-34(38)36-23-21-31(24-39(36)50)44(30-14-5-4-6-15-30)32-20-22-35-33-16-7-8-18-37(33)42-46-29(3)48-51(42)40(35)25-32/h4-26H,1-3H3. The zero-order valence-corrected chi connectivity index (χ0v) is 28.5. The van der Waals surface area contributed by atoms with Gasteiger partial charge in [0.2, 0.25) is 12.7 Å². The van der Waals surface area contributed by atoms with Gasteiger partial charge in [-0.3, -0.25) is 9.13 Å². The summed E-state index contributed by atoms with van der Waals surface area (Å²) >= 11 is 0. The van der Waals surface area contributed by atoms with Crippen molar-refractivity contribution in [3.8, 4) is 11.6 Å². The van der Waals surface area contributed by atoms with Gasteiger partial charge in [0.1, 0.15) is 12.2 Å². The summed E-state index contributed by atoms with van der Waals surface area (Å²) in [5.74, 6) is 1.51. The molecule has 0 fully saturated rings. The minimum Gasteiger partial charge on any atom is -0.278 e. The Labute approximate surface area is 294 Å². The number of nitrogens with zero attached hydrogens (tertiary/aromatic N) is 7. The molecule has 4 heterocycles. The normalized spacial score (nSPS) is 11.8. The Hall–Kier alpha value is -6.54. The Bertz CT molecular complexity index is 2950. The topological polar surface area (TPSA) is 65.8 Å². The SMILES string of the molecule is Cc1nc2c3ccccc3c3ccc(B(c4ccccc4)c4ccc5c6ccccc6n(-c6nncn6-c6c(C)cccc6C)c5c4)cc3n2n1. The van der Waals surface area contributed by atoms with Gasteiger partial charge in [-0.05, 0) is 55.5 Å². The average Bonchev–Trinajstić information content (AvgIpc) is 3.87. The van der Waals surface area contributed by atoms with Gasteiger partial charge in [-0.2, -0.15) is 5.10 Å². The molecule has 0 aliphatic carbocycles. The number of rotatable bonds is 5. The molecule has 0 spiro atoms. The Morgan fingerprint density at radius 2 is 1.16 bits per heavy atom. The molecule has 10 rings (SSSR count). The van der Waals surface area contributed by atoms with Crippen LogP contribution in [0.1, 0.15) is 17.0 Å². The van der Waals surface area contributed by atoms with Crippen molar-refractivity contribution in [3.05, 3.63) is 157 Å². The highest BCUT2D eigenvalue weighted by Crippen LogP contribution is 2.33. The Kier molecular flexibility index (Phi) is 6.48. The number of hydrogen-bond donors (Lipinski definition) is 0. The minimum atomic E-state index is -0.0471. The third-order valence-electron chi connectivity index (χ3n) is 10.3. The summed E-state index contributed by atoms with van der Waals surface area (Å²) in [5.41, 5.74) is 11.1. The summed E-state index contributed by atoms with van der Waals surface area (Å²) in [6, 6.07) is 47.9. The van der Waals surface area contributed by atoms with Crippen molar-refractivity contribution in [1.82, 2.24) is 33.9 Å². The first kappa shape index (κ1) is 29.4. The van der Waals surface area contributed by atoms with Crippen molar-refractivity contribution < 1.29 is 0 Å². The van der Waals surface area contributed by atoms with E-state index in [1.807, 2.05) is 17.8 Å². The molecule has 0 radical (unpaired) electrons. The molecule has 0 atom stereocenters. The highest BCUT2D eigenvalue weighted by Gasteiger charge is 2.26. The van der Waals surface area contributed by atoms with Gasteiger partial charge >= 0.3 is 0 Å². The molecule has 7 nitrogen and oxygen atoms in total. The average molecular weight is 658 g/mol. The maximum absolute atomic E-state index is 4.88. The molecule has 0 saturated heterocycles. The van der Waals surface area contributed by atoms with Crippen molar-refractivity contribution in [2.75, 3.05) is 0 Å². The lowest BCUT2D eigenvalue weighted by molar-refractivity contribution is 0.920. The zero-order chi connectivity index (χ0) is 34.2. The summed E-state index contributed by atoms with van der Waals surface area (Å²) in [7, 11) is 0. The van der Waals surface area contributed by atoms with E-state index in [1.165, 1.54) is 43.7 Å². The molecule has 0 N–H and O–H groups in total. The van der Waals surface area contributed by atoms with Crippen LogP contribution in [0.2, 0.25) is 0 Å². The van der Waals surface area contributed by atoms with Crippen molar-refractivity contribution in [1.29, 1.82) is 0 Å². The highest BCUT2D eigenvalue weighted by atomic mass is 15.4. The van der Waals surface area contributed by atoms with Crippen LogP contribution in [0.3, 0.4) is 0 Å². The van der Waals surface area contributed by atoms with E-state index < -0.39 is 0 Å². The molecule has 10 aromatic rings. The van der Waals surface area contributed by atoms with Crippen LogP contribution in [0, 0.1) is 20.8 Å². The summed E-state index contributed by atoms with van der Waals surface area (Å²) < 4.78 is 6.40. The van der Waals surface area contributed by atoms with E-state index in [0.29, 0.717) is 0 Å². The Morgan fingerprint density at radius 3 is 1.92 bits per heavy atom. The third-order valence-corrected chi connectivity index (χ3v) is 10.3. The molecule has 0 saturated carbocycles. The minimum absolute atomic E-state index is 0.0471. The lowest BCUT2D eigenvalue weighted by atomic mass is 9.37. The van der Waals surface area contributed by atoms with Crippen LogP contribution in [-0.2, 0) is 0 Å². The molecule has 51 heavy (non-hydrogen) atoms. The van der Waals surface area contributed by atoms with E-state index in [4.69, 9.17) is 15.2 Å². The summed E-state index contributed by atoms with van der Waals surface area (Å²) in [6.07, 6.45) is 1.83. The van der Waals surface area contributed by atoms with Gasteiger partial charge in [0, 0.05) is 21.5 Å². The van der Waals surface area contributed by atoms with Crippen LogP contribution in [0.15, 0.2) is 140 Å². The number of para-hydroxylation sites is 2. The van der Waals surface area contributed by atoms with Gasteiger partial charge in [-0.1, -0.05) is 132 Å². The van der Waals surface area contributed by atoms with E-state index in [2.05, 4.69) is 162 Å². The van der Waals surface area contributed by atoms with Crippen LogP contribution >= 0.6 is 0 Å². The van der Waals surface area contributed by atoms with Gasteiger partial charge in [0.15, 0.2) is 5.65 Å². The van der Waals surface area contributed by atoms with Gasteiger partial charge in [-0.15, -0.1) is 10.2 Å². The van der Waals surface area contributed by atoms with Crippen molar-refractivity contribution >= 4 is 72.2 Å². The van der Waals surface area contributed by atoms with Crippen molar-refractivity contribution in [2.45, 2.75) is 20.8 Å². The van der Waals surface area contributed by atoms with Crippen LogP contribution in [0.25, 0.3) is 60.8 Å². The van der Waals surface area contributed by atoms with Crippen molar-refractivity contribution in [3.63, 3.8) is 0 Å². The fraction of sp³-hybridized carbons (Fsp3) is 0.0698. The van der Waals surface area contributed by atoms with Crippen molar-refractivity contribution in [2.24, 2.45) is 0 Å². The van der Waals surface area contributed by atoms with Gasteiger partial charge in [-0.25, -0.2) is 9.50 Å². The molecule has 6 aromatic carbocycles. The van der Waals surface area contributed by atoms with Crippen LogP contribution in [-0.4, -0.2) is 40.6 Å². The first-order chi connectivity index (χ1) is 25.0. The molecule has 4 aromatic heterocycles. The Balaban J connectivity index is 1.24. The molecule has 242 valence electrons. The molecule has 0 aliphatic heterocycles. The lowest BCUT2D eigenvalue weighted by Crippen LogP contribution is -2.52. The number of aryl methyl sites for hydroxylation is 3. The Morgan fingerprint density at radius 1 is 0.529 bits per heavy atom. The molecular weight excluding hydrogens is 625 g/mol. The van der Waals surface area contributed by atoms with E-state index >= 15 is 0 Å². The fourth-order valence-corrected chi connectivity index (χ4v) is 8.13. The summed E-state index contributed by atoms with van der Waals surface area (Å²) in [4.78, 5) is 4.85. The monoisotopic (exact) mass is 657 g/mol. The highest BCUT2D eigenvalue weighted by molar-refractivity contribution is 6.95. The number of benzene rings is 6. The fourth-order valence-electron chi connectivity index (χ4n) is 8.13. The first-order valence-corrected chi connectivity index (χ1v) is 17.3. The summed E-state index contributed by atoms with van der Waals surface area (Å²) in [6.45, 7) is 6.19. The molecular formula is C43H32BN7. The number of pyridine rings is 1. The number of hydrogen-bond acceptors (Lipinski definition) is 4. The van der Waals surface area contributed by atoms with E-state index in [1.54, 1.807) is 0 Å². The maximum Gasteiger partial charge on any atom is 0.241 e. The molecule has 8 heteroatoms. The zero-order valence-electron chi connectivity index (χ0n) is 28.5. The quantitative estimate of drug-likeness (QED) is 0.146. The second-order valence-corrected chi connectivity index (χ2v) is 13.4. The number of fused-ring (bicyclic) bond motifs is 9.